The Morgan fingerprint density at radius 2 is 1.83 bits per heavy atom. The molecule has 160 valence electrons. The highest BCUT2D eigenvalue weighted by molar-refractivity contribution is 5.70. The van der Waals surface area contributed by atoms with Gasteiger partial charge in [0.05, 0.1) is 24.1 Å². The van der Waals surface area contributed by atoms with E-state index in [1.54, 1.807) is 10.9 Å². The number of esters is 1. The summed E-state index contributed by atoms with van der Waals surface area (Å²) in [6.45, 7) is 5.34. The molecule has 4 N–H and O–H groups in total. The lowest BCUT2D eigenvalue weighted by Crippen LogP contribution is -2.03. The molecule has 0 amide bonds. The molecule has 0 fully saturated rings. The van der Waals surface area contributed by atoms with E-state index in [-0.39, 0.29) is 12.6 Å². The minimum absolute atomic E-state index is 0.0767. The second-order valence-corrected chi connectivity index (χ2v) is 5.78. The smallest absolute Gasteiger partial charge is 0.302 e. The minimum Gasteiger partial charge on any atom is -0.481 e. The Labute approximate surface area is 175 Å². The van der Waals surface area contributed by atoms with E-state index in [2.05, 4.69) is 15.8 Å². The van der Waals surface area contributed by atoms with Crippen LogP contribution in [0.25, 0.3) is 16.9 Å². The number of pyridine rings is 1. The van der Waals surface area contributed by atoms with E-state index < -0.39 is 0 Å². The van der Waals surface area contributed by atoms with Crippen LogP contribution in [0.3, 0.4) is 0 Å². The fourth-order valence-corrected chi connectivity index (χ4v) is 2.64. The molecule has 2 heterocycles. The van der Waals surface area contributed by atoms with Gasteiger partial charge in [-0.2, -0.15) is 5.10 Å². The third kappa shape index (κ3) is 5.65. The van der Waals surface area contributed by atoms with Crippen LogP contribution in [0.4, 0.5) is 5.82 Å². The molecule has 1 aromatic carbocycles. The molecule has 0 aliphatic rings. The van der Waals surface area contributed by atoms with Crippen molar-refractivity contribution in [1.29, 1.82) is 0 Å². The molecule has 0 unspecified atom stereocenters. The highest BCUT2D eigenvalue weighted by atomic mass is 16.5. The molecular weight excluding hydrogens is 386 g/mol. The van der Waals surface area contributed by atoms with Crippen LogP contribution in [0, 0.1) is 6.92 Å². The van der Waals surface area contributed by atoms with Gasteiger partial charge in [-0.15, -0.1) is 0 Å². The Bertz CT molecular complexity index is 958. The highest BCUT2D eigenvalue weighted by Gasteiger charge is 2.17. The summed E-state index contributed by atoms with van der Waals surface area (Å²) in [6.07, 6.45) is 1.67. The van der Waals surface area contributed by atoms with Gasteiger partial charge in [0.2, 0.25) is 5.88 Å². The van der Waals surface area contributed by atoms with Crippen LogP contribution in [0.2, 0.25) is 0 Å². The molecule has 0 aliphatic heterocycles. The van der Waals surface area contributed by atoms with Crippen molar-refractivity contribution in [2.45, 2.75) is 20.5 Å². The van der Waals surface area contributed by atoms with E-state index in [4.69, 9.17) is 20.0 Å². The van der Waals surface area contributed by atoms with Gasteiger partial charge >= 0.3 is 5.97 Å². The summed E-state index contributed by atoms with van der Waals surface area (Å²) in [7, 11) is 3.02. The monoisotopic (exact) mass is 413 g/mol. The summed E-state index contributed by atoms with van der Waals surface area (Å²) in [5.41, 5.74) is 14.6. The van der Waals surface area contributed by atoms with Crippen molar-refractivity contribution in [3.8, 4) is 22.8 Å². The number of hydrogen-bond acceptors (Lipinski definition) is 8. The zero-order valence-electron chi connectivity index (χ0n) is 17.6. The maximum atomic E-state index is 11.1. The lowest BCUT2D eigenvalue weighted by Gasteiger charge is -2.09. The zero-order chi connectivity index (χ0) is 22.7. The average Bonchev–Trinajstić information content (AvgIpc) is 3.10. The average molecular weight is 413 g/mol. The predicted molar refractivity (Wildman–Crippen MR) is 115 cm³/mol. The number of benzene rings is 1. The Kier molecular flexibility index (Phi) is 9.71. The van der Waals surface area contributed by atoms with Crippen molar-refractivity contribution in [1.82, 2.24) is 14.8 Å². The lowest BCUT2D eigenvalue weighted by molar-refractivity contribution is -0.142. The Morgan fingerprint density at radius 3 is 2.40 bits per heavy atom. The van der Waals surface area contributed by atoms with E-state index in [1.807, 2.05) is 50.1 Å². The Balaban J connectivity index is 0.00000106. The van der Waals surface area contributed by atoms with Gasteiger partial charge in [0.25, 0.3) is 0 Å². The van der Waals surface area contributed by atoms with Gasteiger partial charge in [-0.3, -0.25) is 4.79 Å². The Morgan fingerprint density at radius 1 is 1.20 bits per heavy atom. The first-order valence-corrected chi connectivity index (χ1v) is 8.95. The van der Waals surface area contributed by atoms with Crippen molar-refractivity contribution in [3.05, 3.63) is 53.7 Å². The number of ether oxygens (including phenoxy) is 2. The number of anilines is 1. The third-order valence-electron chi connectivity index (χ3n) is 3.99. The van der Waals surface area contributed by atoms with Crippen LogP contribution in [0.5, 0.6) is 5.88 Å². The molecule has 30 heavy (non-hydrogen) atoms. The van der Waals surface area contributed by atoms with Gasteiger partial charge in [0.15, 0.2) is 0 Å². The Hall–Kier alpha value is -3.72. The van der Waals surface area contributed by atoms with Crippen LogP contribution in [0.15, 0.2) is 42.6 Å². The van der Waals surface area contributed by atoms with Crippen LogP contribution in [-0.4, -0.2) is 41.7 Å². The molecule has 0 bridgehead atoms. The number of carbonyl (C=O) groups excluding carboxylic acids is 2. The number of aromatic nitrogens is 3. The molecule has 0 aliphatic carbocycles. The third-order valence-corrected chi connectivity index (χ3v) is 3.99. The zero-order valence-corrected chi connectivity index (χ0v) is 17.6. The molecule has 3 aromatic rings. The van der Waals surface area contributed by atoms with Crippen molar-refractivity contribution < 1.29 is 19.1 Å². The lowest BCUT2D eigenvalue weighted by atomic mass is 10.1. The number of nitrogens with two attached hydrogens (primary N) is 2. The SMILES string of the molecule is C=O.CN.COc1ncc(-c2nn(-c3ccccc3)c(N)c2C)cc1COC(C)=O. The normalized spacial score (nSPS) is 9.50. The number of methoxy groups -OCH3 is 1. The number of rotatable bonds is 5. The minimum atomic E-state index is -0.369. The second kappa shape index (κ2) is 12.0. The van der Waals surface area contributed by atoms with E-state index >= 15 is 0 Å². The van der Waals surface area contributed by atoms with Crippen molar-refractivity contribution >= 4 is 18.6 Å². The predicted octanol–water partition coefficient (Wildman–Crippen LogP) is 2.29. The number of nitrogen functional groups attached to an aromatic ring is 1. The molecule has 0 radical (unpaired) electrons. The van der Waals surface area contributed by atoms with Gasteiger partial charge in [0, 0.05) is 24.2 Å². The van der Waals surface area contributed by atoms with Gasteiger partial charge in [-0.1, -0.05) is 18.2 Å². The van der Waals surface area contributed by atoms with Gasteiger partial charge in [0.1, 0.15) is 19.2 Å². The molecule has 0 atom stereocenters. The standard InChI is InChI=1S/C19H20N4O3.CH5N.CH2O/c1-12-17(22-23(18(12)20)16-7-5-4-6-8-16)14-9-15(11-26-13(2)24)19(25-3)21-10-14;2*1-2/h4-10H,11,20H2,1-3H3;2H2,1H3;1H2. The van der Waals surface area contributed by atoms with E-state index in [9.17, 15) is 4.79 Å². The first-order chi connectivity index (χ1) is 14.5. The van der Waals surface area contributed by atoms with Gasteiger partial charge < -0.3 is 25.7 Å². The van der Waals surface area contributed by atoms with Crippen molar-refractivity contribution in [2.75, 3.05) is 19.9 Å². The fraction of sp³-hybridized carbons (Fsp3) is 0.238. The van der Waals surface area contributed by atoms with Crippen LogP contribution in [-0.2, 0) is 20.9 Å². The summed E-state index contributed by atoms with van der Waals surface area (Å²) in [4.78, 5) is 23.4. The number of carbonyl (C=O) groups is 2. The molecule has 2 aromatic heterocycles. The topological polar surface area (TPSA) is 135 Å². The maximum absolute atomic E-state index is 11.1. The molecule has 9 heteroatoms. The van der Waals surface area contributed by atoms with Crippen LogP contribution in [0.1, 0.15) is 18.1 Å². The number of nitrogens with zero attached hydrogens (tertiary/aromatic N) is 3. The molecular formula is C21H27N5O4. The quantitative estimate of drug-likeness (QED) is 0.608. The van der Waals surface area contributed by atoms with Gasteiger partial charge in [-0.05, 0) is 32.2 Å². The first kappa shape index (κ1) is 24.3. The number of para-hydroxylation sites is 1. The summed E-state index contributed by atoms with van der Waals surface area (Å²) >= 11 is 0. The van der Waals surface area contributed by atoms with Crippen LogP contribution < -0.4 is 16.2 Å². The largest absolute Gasteiger partial charge is 0.481 e. The van der Waals surface area contributed by atoms with Crippen molar-refractivity contribution in [3.63, 3.8) is 0 Å². The highest BCUT2D eigenvalue weighted by Crippen LogP contribution is 2.30. The molecule has 0 saturated heterocycles. The van der Waals surface area contributed by atoms with E-state index in [0.29, 0.717) is 23.0 Å². The summed E-state index contributed by atoms with van der Waals surface area (Å²) in [6, 6.07) is 11.5. The maximum Gasteiger partial charge on any atom is 0.302 e. The number of hydrogen-bond donors (Lipinski definition) is 2. The molecule has 0 saturated carbocycles. The summed E-state index contributed by atoms with van der Waals surface area (Å²) in [5, 5.41) is 4.64. The van der Waals surface area contributed by atoms with E-state index in [0.717, 1.165) is 16.8 Å². The van der Waals surface area contributed by atoms with E-state index in [1.165, 1.54) is 21.1 Å². The van der Waals surface area contributed by atoms with Crippen molar-refractivity contribution in [2.24, 2.45) is 5.73 Å². The van der Waals surface area contributed by atoms with Crippen LogP contribution >= 0.6 is 0 Å². The molecule has 9 nitrogen and oxygen atoms in total. The van der Waals surface area contributed by atoms with Gasteiger partial charge in [-0.25, -0.2) is 9.67 Å². The second-order valence-electron chi connectivity index (χ2n) is 5.78. The first-order valence-electron chi connectivity index (χ1n) is 8.95. The summed E-state index contributed by atoms with van der Waals surface area (Å²) in [5.74, 6) is 0.595. The fourth-order valence-electron chi connectivity index (χ4n) is 2.64. The molecule has 3 rings (SSSR count). The molecule has 0 spiro atoms. The summed E-state index contributed by atoms with van der Waals surface area (Å²) < 4.78 is 12.0.